The van der Waals surface area contributed by atoms with Crippen molar-refractivity contribution in [1.29, 1.82) is 0 Å². The predicted molar refractivity (Wildman–Crippen MR) is 98.5 cm³/mol. The predicted octanol–water partition coefficient (Wildman–Crippen LogP) is 2.64. The van der Waals surface area contributed by atoms with E-state index in [2.05, 4.69) is 5.32 Å². The molecule has 0 bridgehead atoms. The first-order valence-electron chi connectivity index (χ1n) is 9.18. The quantitative estimate of drug-likeness (QED) is 0.826. The van der Waals surface area contributed by atoms with E-state index in [0.29, 0.717) is 18.9 Å². The van der Waals surface area contributed by atoms with Crippen LogP contribution in [0.1, 0.15) is 38.7 Å². The van der Waals surface area contributed by atoms with Crippen molar-refractivity contribution in [2.75, 3.05) is 26.7 Å². The standard InChI is InChI=1S/C20H30N2O3/c1-15(2)20(24)21-13-17-5-4-12-22(14-17)19(23)11-8-16-6-9-18(25-3)10-7-16/h6-7,9-10,15,17H,4-5,8,11-14H2,1-3H3,(H,21,24)/t17-/m1/s1. The number of hydrogen-bond donors (Lipinski definition) is 1. The normalized spacial score (nSPS) is 17.4. The van der Waals surface area contributed by atoms with Gasteiger partial charge in [-0.25, -0.2) is 0 Å². The van der Waals surface area contributed by atoms with Gasteiger partial charge in [-0.1, -0.05) is 26.0 Å². The number of likely N-dealkylation sites (tertiary alicyclic amines) is 1. The monoisotopic (exact) mass is 346 g/mol. The Labute approximate surface area is 150 Å². The summed E-state index contributed by atoms with van der Waals surface area (Å²) in [6.07, 6.45) is 3.35. The SMILES string of the molecule is COc1ccc(CCC(=O)N2CCC[C@H](CNC(=O)C(C)C)C2)cc1. The van der Waals surface area contributed by atoms with Gasteiger partial charge in [0.1, 0.15) is 5.75 Å². The van der Waals surface area contributed by atoms with E-state index in [1.165, 1.54) is 0 Å². The number of aryl methyl sites for hydroxylation is 1. The molecule has 1 aliphatic rings. The maximum Gasteiger partial charge on any atom is 0.222 e. The number of nitrogens with zero attached hydrogens (tertiary/aromatic N) is 1. The number of ether oxygens (including phenoxy) is 1. The van der Waals surface area contributed by atoms with Crippen LogP contribution < -0.4 is 10.1 Å². The lowest BCUT2D eigenvalue weighted by Gasteiger charge is -2.33. The first-order valence-corrected chi connectivity index (χ1v) is 9.18. The molecule has 2 rings (SSSR count). The summed E-state index contributed by atoms with van der Waals surface area (Å²) >= 11 is 0. The van der Waals surface area contributed by atoms with Crippen LogP contribution >= 0.6 is 0 Å². The van der Waals surface area contributed by atoms with E-state index >= 15 is 0 Å². The number of amides is 2. The van der Waals surface area contributed by atoms with Crippen LogP contribution in [0.2, 0.25) is 0 Å². The van der Waals surface area contributed by atoms with Gasteiger partial charge in [-0.2, -0.15) is 0 Å². The zero-order valence-corrected chi connectivity index (χ0v) is 15.6. The van der Waals surface area contributed by atoms with Crippen LogP contribution in [0.3, 0.4) is 0 Å². The molecule has 0 radical (unpaired) electrons. The van der Waals surface area contributed by atoms with Gasteiger partial charge in [0.15, 0.2) is 0 Å². The molecule has 25 heavy (non-hydrogen) atoms. The number of hydrogen-bond acceptors (Lipinski definition) is 3. The van der Waals surface area contributed by atoms with Gasteiger partial charge in [-0.15, -0.1) is 0 Å². The maximum absolute atomic E-state index is 12.5. The topological polar surface area (TPSA) is 58.6 Å². The molecule has 0 spiro atoms. The fourth-order valence-corrected chi connectivity index (χ4v) is 3.11. The molecule has 1 aromatic carbocycles. The summed E-state index contributed by atoms with van der Waals surface area (Å²) in [5, 5.41) is 2.99. The summed E-state index contributed by atoms with van der Waals surface area (Å²) < 4.78 is 5.15. The van der Waals surface area contributed by atoms with Gasteiger partial charge in [0.25, 0.3) is 0 Å². The van der Waals surface area contributed by atoms with Gasteiger partial charge in [-0.05, 0) is 42.9 Å². The van der Waals surface area contributed by atoms with Gasteiger partial charge in [0.05, 0.1) is 7.11 Å². The lowest BCUT2D eigenvalue weighted by molar-refractivity contribution is -0.133. The van der Waals surface area contributed by atoms with Crippen LogP contribution in [0.15, 0.2) is 24.3 Å². The highest BCUT2D eigenvalue weighted by atomic mass is 16.5. The van der Waals surface area contributed by atoms with E-state index in [4.69, 9.17) is 4.74 Å². The Kier molecular flexibility index (Phi) is 7.29. The number of piperidine rings is 1. The molecule has 0 saturated carbocycles. The van der Waals surface area contributed by atoms with Crippen molar-refractivity contribution in [1.82, 2.24) is 10.2 Å². The molecule has 1 aromatic rings. The van der Waals surface area contributed by atoms with Crippen LogP contribution in [0, 0.1) is 11.8 Å². The van der Waals surface area contributed by atoms with Crippen molar-refractivity contribution in [3.63, 3.8) is 0 Å². The highest BCUT2D eigenvalue weighted by Gasteiger charge is 2.24. The van der Waals surface area contributed by atoms with Crippen LogP contribution in [0.5, 0.6) is 5.75 Å². The van der Waals surface area contributed by atoms with Gasteiger partial charge in [0, 0.05) is 32.0 Å². The molecule has 5 heteroatoms. The van der Waals surface area contributed by atoms with Gasteiger partial charge in [0.2, 0.25) is 11.8 Å². The van der Waals surface area contributed by atoms with Crippen molar-refractivity contribution < 1.29 is 14.3 Å². The average Bonchev–Trinajstić information content (AvgIpc) is 2.64. The Bertz CT molecular complexity index is 569. The number of benzene rings is 1. The summed E-state index contributed by atoms with van der Waals surface area (Å²) in [6.45, 7) is 6.03. The zero-order valence-electron chi connectivity index (χ0n) is 15.6. The molecular formula is C20H30N2O3. The Hall–Kier alpha value is -2.04. The second-order valence-electron chi connectivity index (χ2n) is 7.10. The molecule has 1 N–H and O–H groups in total. The minimum absolute atomic E-state index is 0.00539. The molecule has 1 saturated heterocycles. The van der Waals surface area contributed by atoms with Crippen molar-refractivity contribution >= 4 is 11.8 Å². The van der Waals surface area contributed by atoms with E-state index in [0.717, 1.165) is 43.7 Å². The second-order valence-corrected chi connectivity index (χ2v) is 7.10. The van der Waals surface area contributed by atoms with Crippen molar-refractivity contribution in [3.8, 4) is 5.75 Å². The van der Waals surface area contributed by atoms with Crippen molar-refractivity contribution in [2.24, 2.45) is 11.8 Å². The van der Waals surface area contributed by atoms with E-state index < -0.39 is 0 Å². The summed E-state index contributed by atoms with van der Waals surface area (Å²) in [6, 6.07) is 7.86. The minimum Gasteiger partial charge on any atom is -0.497 e. The Morgan fingerprint density at radius 3 is 2.64 bits per heavy atom. The molecule has 1 heterocycles. The van der Waals surface area contributed by atoms with E-state index in [1.54, 1.807) is 7.11 Å². The third-order valence-electron chi connectivity index (χ3n) is 4.75. The number of rotatable bonds is 7. The first kappa shape index (κ1) is 19.3. The lowest BCUT2D eigenvalue weighted by Crippen LogP contribution is -2.44. The third-order valence-corrected chi connectivity index (χ3v) is 4.75. The largest absolute Gasteiger partial charge is 0.497 e. The summed E-state index contributed by atoms with van der Waals surface area (Å²) in [4.78, 5) is 26.2. The smallest absolute Gasteiger partial charge is 0.222 e. The van der Waals surface area contributed by atoms with Crippen LogP contribution in [0.25, 0.3) is 0 Å². The van der Waals surface area contributed by atoms with Gasteiger partial charge in [-0.3, -0.25) is 9.59 Å². The highest BCUT2D eigenvalue weighted by molar-refractivity contribution is 5.78. The molecule has 5 nitrogen and oxygen atoms in total. The summed E-state index contributed by atoms with van der Waals surface area (Å²) in [5.41, 5.74) is 1.15. The molecule has 0 aromatic heterocycles. The Balaban J connectivity index is 1.77. The fraction of sp³-hybridized carbons (Fsp3) is 0.600. The molecule has 2 amide bonds. The number of carbonyl (C=O) groups excluding carboxylic acids is 2. The van der Waals surface area contributed by atoms with Crippen molar-refractivity contribution in [3.05, 3.63) is 29.8 Å². The van der Waals surface area contributed by atoms with Crippen LogP contribution in [0.4, 0.5) is 0 Å². The maximum atomic E-state index is 12.5. The van der Waals surface area contributed by atoms with E-state index in [-0.39, 0.29) is 17.7 Å². The molecule has 0 unspecified atom stereocenters. The number of methoxy groups -OCH3 is 1. The molecule has 138 valence electrons. The average molecular weight is 346 g/mol. The zero-order chi connectivity index (χ0) is 18.2. The van der Waals surface area contributed by atoms with Gasteiger partial charge >= 0.3 is 0 Å². The highest BCUT2D eigenvalue weighted by Crippen LogP contribution is 2.18. The van der Waals surface area contributed by atoms with Crippen molar-refractivity contribution in [2.45, 2.75) is 39.5 Å². The molecular weight excluding hydrogens is 316 g/mol. The van der Waals surface area contributed by atoms with Crippen LogP contribution in [-0.4, -0.2) is 43.5 Å². The third kappa shape index (κ3) is 6.07. The second kappa shape index (κ2) is 9.44. The number of nitrogens with one attached hydrogen (secondary N) is 1. The Morgan fingerprint density at radius 2 is 2.00 bits per heavy atom. The molecule has 1 fully saturated rings. The summed E-state index contributed by atoms with van der Waals surface area (Å²) in [7, 11) is 1.65. The number of carbonyl (C=O) groups is 2. The molecule has 0 aliphatic carbocycles. The lowest BCUT2D eigenvalue weighted by atomic mass is 9.97. The molecule has 1 aliphatic heterocycles. The molecule has 1 atom stereocenters. The van der Waals surface area contributed by atoms with E-state index in [9.17, 15) is 9.59 Å². The summed E-state index contributed by atoms with van der Waals surface area (Å²) in [5.74, 6) is 1.49. The first-order chi connectivity index (χ1) is 12.0. The van der Waals surface area contributed by atoms with Crippen LogP contribution in [-0.2, 0) is 16.0 Å². The Morgan fingerprint density at radius 1 is 1.28 bits per heavy atom. The fourth-order valence-electron chi connectivity index (χ4n) is 3.11. The van der Waals surface area contributed by atoms with Gasteiger partial charge < -0.3 is 15.0 Å². The minimum atomic E-state index is 0.00539. The van der Waals surface area contributed by atoms with E-state index in [1.807, 2.05) is 43.0 Å².